The summed E-state index contributed by atoms with van der Waals surface area (Å²) in [5.74, 6) is -3.68. The van der Waals surface area contributed by atoms with Gasteiger partial charge in [-0.3, -0.25) is 14.9 Å². The minimum Gasteiger partial charge on any atom is -0.318 e. The Bertz CT molecular complexity index is 1090. The Morgan fingerprint density at radius 3 is 2.75 bits per heavy atom. The number of amides is 1. The third-order valence-corrected chi connectivity index (χ3v) is 4.48. The number of fused-ring (bicyclic) bond motifs is 1. The topological polar surface area (TPSA) is 70.7 Å². The van der Waals surface area contributed by atoms with Crippen LogP contribution in [0.1, 0.15) is 35.9 Å². The minimum absolute atomic E-state index is 0.0842. The molecule has 0 aliphatic rings. The van der Waals surface area contributed by atoms with Crippen molar-refractivity contribution in [3.8, 4) is 0 Å². The highest BCUT2D eigenvalue weighted by Gasteiger charge is 2.17. The summed E-state index contributed by atoms with van der Waals surface area (Å²) in [7, 11) is 0. The molecule has 0 atom stereocenters. The molecular formula is C20H19F3N4O. The zero-order chi connectivity index (χ0) is 20.4. The third-order valence-electron chi connectivity index (χ3n) is 4.48. The second-order valence-electron chi connectivity index (χ2n) is 6.46. The zero-order valence-electron chi connectivity index (χ0n) is 15.7. The Morgan fingerprint density at radius 1 is 1.29 bits per heavy atom. The van der Waals surface area contributed by atoms with Crippen molar-refractivity contribution in [3.63, 3.8) is 0 Å². The lowest BCUT2D eigenvalue weighted by Crippen LogP contribution is -2.15. The SMILES string of the molecule is CCCc1[nH]nc2c(F)c(/C=C(\F)C(=O)Nc3c(C)ncc(F)c3C)ccc12. The molecule has 3 aromatic rings. The standard InChI is InChI=1S/C20H19F3N4O/c1-4-5-16-13-7-6-12(17(23)19(13)27-26-16)8-14(21)20(28)25-18-10(2)15(22)9-24-11(18)3/h6-9H,4-5H2,1-3H3,(H,25,28)(H,26,27)/b14-8-. The molecule has 0 fully saturated rings. The van der Waals surface area contributed by atoms with E-state index in [0.29, 0.717) is 17.5 Å². The molecule has 5 nitrogen and oxygen atoms in total. The third kappa shape index (κ3) is 3.62. The number of hydrogen-bond acceptors (Lipinski definition) is 3. The summed E-state index contributed by atoms with van der Waals surface area (Å²) in [6.45, 7) is 4.99. The van der Waals surface area contributed by atoms with E-state index in [9.17, 15) is 18.0 Å². The normalized spacial score (nSPS) is 11.9. The molecule has 0 saturated heterocycles. The number of aromatic nitrogens is 3. The van der Waals surface area contributed by atoms with Gasteiger partial charge in [0.1, 0.15) is 11.3 Å². The van der Waals surface area contributed by atoms with Crippen molar-refractivity contribution in [2.75, 3.05) is 5.32 Å². The summed E-state index contributed by atoms with van der Waals surface area (Å²) >= 11 is 0. The lowest BCUT2D eigenvalue weighted by Gasteiger charge is -2.10. The number of H-pyrrole nitrogens is 1. The van der Waals surface area contributed by atoms with E-state index in [4.69, 9.17) is 0 Å². The fraction of sp³-hybridized carbons (Fsp3) is 0.250. The van der Waals surface area contributed by atoms with Crippen molar-refractivity contribution in [1.29, 1.82) is 0 Å². The molecule has 1 aromatic carbocycles. The van der Waals surface area contributed by atoms with Crippen LogP contribution in [0.15, 0.2) is 24.2 Å². The molecule has 2 N–H and O–H groups in total. The van der Waals surface area contributed by atoms with Crippen LogP contribution in [0.2, 0.25) is 0 Å². The number of rotatable bonds is 5. The first-order chi connectivity index (χ1) is 13.3. The first-order valence-corrected chi connectivity index (χ1v) is 8.79. The first-order valence-electron chi connectivity index (χ1n) is 8.79. The fourth-order valence-corrected chi connectivity index (χ4v) is 2.93. The number of carbonyl (C=O) groups is 1. The number of nitrogens with one attached hydrogen (secondary N) is 2. The number of anilines is 1. The Balaban J connectivity index is 1.90. The fourth-order valence-electron chi connectivity index (χ4n) is 2.93. The summed E-state index contributed by atoms with van der Waals surface area (Å²) in [4.78, 5) is 15.9. The summed E-state index contributed by atoms with van der Waals surface area (Å²) in [5.41, 5.74) is 1.34. The highest BCUT2D eigenvalue weighted by atomic mass is 19.1. The van der Waals surface area contributed by atoms with E-state index in [2.05, 4.69) is 20.5 Å². The van der Waals surface area contributed by atoms with Crippen LogP contribution < -0.4 is 5.32 Å². The van der Waals surface area contributed by atoms with Crippen LogP contribution in [-0.2, 0) is 11.2 Å². The Morgan fingerprint density at radius 2 is 2.04 bits per heavy atom. The largest absolute Gasteiger partial charge is 0.318 e. The highest BCUT2D eigenvalue weighted by Crippen LogP contribution is 2.25. The van der Waals surface area contributed by atoms with Crippen LogP contribution in [0.25, 0.3) is 17.0 Å². The van der Waals surface area contributed by atoms with Gasteiger partial charge in [0, 0.05) is 22.2 Å². The quantitative estimate of drug-likeness (QED) is 0.620. The average molecular weight is 388 g/mol. The number of nitrogens with zero attached hydrogens (tertiary/aromatic N) is 2. The van der Waals surface area contributed by atoms with E-state index in [1.165, 1.54) is 13.0 Å². The van der Waals surface area contributed by atoms with Gasteiger partial charge >= 0.3 is 0 Å². The molecule has 3 rings (SSSR count). The van der Waals surface area contributed by atoms with Crippen molar-refractivity contribution >= 4 is 28.6 Å². The van der Waals surface area contributed by atoms with Gasteiger partial charge in [0.05, 0.1) is 17.6 Å². The van der Waals surface area contributed by atoms with E-state index in [-0.39, 0.29) is 22.3 Å². The molecule has 0 aliphatic carbocycles. The molecule has 8 heteroatoms. The smallest absolute Gasteiger partial charge is 0.284 e. The molecule has 28 heavy (non-hydrogen) atoms. The van der Waals surface area contributed by atoms with Crippen LogP contribution in [0.4, 0.5) is 18.9 Å². The van der Waals surface area contributed by atoms with E-state index in [0.717, 1.165) is 24.4 Å². The molecule has 0 radical (unpaired) electrons. The monoisotopic (exact) mass is 388 g/mol. The van der Waals surface area contributed by atoms with Gasteiger partial charge in [0.25, 0.3) is 5.91 Å². The average Bonchev–Trinajstić information content (AvgIpc) is 3.08. The van der Waals surface area contributed by atoms with Crippen molar-refractivity contribution in [3.05, 3.63) is 58.3 Å². The minimum atomic E-state index is -1.22. The zero-order valence-corrected chi connectivity index (χ0v) is 15.7. The maximum Gasteiger partial charge on any atom is 0.284 e. The van der Waals surface area contributed by atoms with Crippen molar-refractivity contribution in [2.24, 2.45) is 0 Å². The molecular weight excluding hydrogens is 369 g/mol. The van der Waals surface area contributed by atoms with Gasteiger partial charge in [0.15, 0.2) is 11.6 Å². The lowest BCUT2D eigenvalue weighted by atomic mass is 10.1. The Kier molecular flexibility index (Phi) is 5.48. The summed E-state index contributed by atoms with van der Waals surface area (Å²) in [5, 5.41) is 9.64. The van der Waals surface area contributed by atoms with Crippen LogP contribution in [0.5, 0.6) is 0 Å². The summed E-state index contributed by atoms with van der Waals surface area (Å²) in [6.07, 6.45) is 3.38. The number of pyridine rings is 1. The summed E-state index contributed by atoms with van der Waals surface area (Å²) < 4.78 is 42.7. The Labute approximate surface area is 159 Å². The predicted octanol–water partition coefficient (Wildman–Crippen LogP) is 4.75. The van der Waals surface area contributed by atoms with Gasteiger partial charge in [-0.25, -0.2) is 13.2 Å². The van der Waals surface area contributed by atoms with E-state index >= 15 is 0 Å². The number of hydrogen-bond donors (Lipinski definition) is 2. The molecule has 2 heterocycles. The van der Waals surface area contributed by atoms with Gasteiger partial charge in [-0.2, -0.15) is 5.10 Å². The first kappa shape index (κ1) is 19.6. The molecule has 2 aromatic heterocycles. The van der Waals surface area contributed by atoms with Gasteiger partial charge in [0.2, 0.25) is 0 Å². The van der Waals surface area contributed by atoms with Crippen molar-refractivity contribution in [2.45, 2.75) is 33.6 Å². The molecule has 0 unspecified atom stereocenters. The van der Waals surface area contributed by atoms with Gasteiger partial charge in [-0.15, -0.1) is 0 Å². The van der Waals surface area contributed by atoms with Crippen molar-refractivity contribution < 1.29 is 18.0 Å². The summed E-state index contributed by atoms with van der Waals surface area (Å²) in [6, 6.07) is 3.02. The molecule has 0 spiro atoms. The molecule has 0 saturated carbocycles. The number of benzene rings is 1. The maximum absolute atomic E-state index is 14.7. The Hall–Kier alpha value is -3.16. The molecule has 146 valence electrons. The van der Waals surface area contributed by atoms with Crippen LogP contribution in [-0.4, -0.2) is 21.1 Å². The number of aromatic amines is 1. The number of aryl methyl sites for hydroxylation is 2. The van der Waals surface area contributed by atoms with Crippen LogP contribution >= 0.6 is 0 Å². The van der Waals surface area contributed by atoms with Crippen LogP contribution in [0, 0.1) is 25.5 Å². The molecule has 0 aliphatic heterocycles. The number of halogens is 3. The maximum atomic E-state index is 14.7. The van der Waals surface area contributed by atoms with Gasteiger partial charge < -0.3 is 5.32 Å². The van der Waals surface area contributed by atoms with E-state index in [1.807, 2.05) is 6.92 Å². The second-order valence-corrected chi connectivity index (χ2v) is 6.46. The highest BCUT2D eigenvalue weighted by molar-refractivity contribution is 6.05. The molecule has 0 bridgehead atoms. The second kappa shape index (κ2) is 7.84. The van der Waals surface area contributed by atoms with Crippen molar-refractivity contribution in [1.82, 2.24) is 15.2 Å². The van der Waals surface area contributed by atoms with Crippen LogP contribution in [0.3, 0.4) is 0 Å². The van der Waals surface area contributed by atoms with E-state index < -0.39 is 23.4 Å². The molecule has 1 amide bonds. The van der Waals surface area contributed by atoms with E-state index in [1.54, 1.807) is 13.0 Å². The predicted molar refractivity (Wildman–Crippen MR) is 101 cm³/mol. The lowest BCUT2D eigenvalue weighted by molar-refractivity contribution is -0.114. The number of carbonyl (C=O) groups excluding carboxylic acids is 1. The van der Waals surface area contributed by atoms with Gasteiger partial charge in [-0.05, 0) is 26.3 Å². The van der Waals surface area contributed by atoms with Gasteiger partial charge in [-0.1, -0.05) is 25.5 Å².